The molecule has 1 aromatic carbocycles. The topological polar surface area (TPSA) is 49.0 Å². The average molecular weight is 241 g/mol. The molecule has 0 aromatic heterocycles. The van der Waals surface area contributed by atoms with Gasteiger partial charge in [0.25, 0.3) is 0 Å². The smallest absolute Gasteiger partial charge is 0.206 e. The molecule has 1 N–H and O–H groups in total. The minimum absolute atomic E-state index is 0.151. The molecular weight excluding hydrogens is 222 g/mol. The SMILES string of the molecule is CNCc1cc(OC)c(OCOC)c(OC)c1. The molecule has 5 heteroatoms. The number of methoxy groups -OCH3 is 3. The monoisotopic (exact) mass is 241 g/mol. The highest BCUT2D eigenvalue weighted by atomic mass is 16.7. The first-order chi connectivity index (χ1) is 8.26. The lowest BCUT2D eigenvalue weighted by Crippen LogP contribution is -2.07. The fourth-order valence-corrected chi connectivity index (χ4v) is 1.50. The number of hydrogen-bond acceptors (Lipinski definition) is 5. The van der Waals surface area contributed by atoms with Crippen molar-refractivity contribution < 1.29 is 18.9 Å². The summed E-state index contributed by atoms with van der Waals surface area (Å²) in [6, 6.07) is 3.81. The highest BCUT2D eigenvalue weighted by Crippen LogP contribution is 2.38. The second-order valence-corrected chi connectivity index (χ2v) is 3.41. The Bertz CT molecular complexity index is 329. The molecule has 0 aliphatic rings. The molecule has 0 spiro atoms. The minimum Gasteiger partial charge on any atom is -0.493 e. The minimum atomic E-state index is 0.151. The molecule has 0 atom stereocenters. The van der Waals surface area contributed by atoms with E-state index in [1.807, 2.05) is 19.2 Å². The first-order valence-electron chi connectivity index (χ1n) is 5.28. The van der Waals surface area contributed by atoms with Crippen LogP contribution in [0.1, 0.15) is 5.56 Å². The summed E-state index contributed by atoms with van der Waals surface area (Å²) in [5, 5.41) is 3.07. The van der Waals surface area contributed by atoms with Gasteiger partial charge in [0.05, 0.1) is 14.2 Å². The first-order valence-corrected chi connectivity index (χ1v) is 5.28. The van der Waals surface area contributed by atoms with Gasteiger partial charge < -0.3 is 24.3 Å². The molecule has 0 amide bonds. The molecule has 0 saturated heterocycles. The Morgan fingerprint density at radius 3 is 2.06 bits per heavy atom. The van der Waals surface area contributed by atoms with Crippen molar-refractivity contribution in [2.24, 2.45) is 0 Å². The summed E-state index contributed by atoms with van der Waals surface area (Å²) in [5.41, 5.74) is 1.06. The van der Waals surface area contributed by atoms with E-state index in [-0.39, 0.29) is 6.79 Å². The van der Waals surface area contributed by atoms with E-state index in [1.165, 1.54) is 0 Å². The predicted octanol–water partition coefficient (Wildman–Crippen LogP) is 1.41. The number of hydrogen-bond donors (Lipinski definition) is 1. The second kappa shape index (κ2) is 6.98. The van der Waals surface area contributed by atoms with Crippen LogP contribution in [0.5, 0.6) is 17.2 Å². The lowest BCUT2D eigenvalue weighted by atomic mass is 10.2. The van der Waals surface area contributed by atoms with Crippen molar-refractivity contribution in [1.29, 1.82) is 0 Å². The van der Waals surface area contributed by atoms with E-state index in [1.54, 1.807) is 21.3 Å². The lowest BCUT2D eigenvalue weighted by molar-refractivity contribution is 0.0471. The van der Waals surface area contributed by atoms with Gasteiger partial charge in [-0.2, -0.15) is 0 Å². The van der Waals surface area contributed by atoms with Gasteiger partial charge in [-0.1, -0.05) is 0 Å². The van der Waals surface area contributed by atoms with Crippen LogP contribution < -0.4 is 19.5 Å². The fourth-order valence-electron chi connectivity index (χ4n) is 1.50. The molecular formula is C12H19NO4. The van der Waals surface area contributed by atoms with Gasteiger partial charge in [-0.05, 0) is 24.7 Å². The molecule has 0 fully saturated rings. The highest BCUT2D eigenvalue weighted by Gasteiger charge is 2.13. The van der Waals surface area contributed by atoms with Crippen LogP contribution in [0.3, 0.4) is 0 Å². The molecule has 0 radical (unpaired) electrons. The Hall–Kier alpha value is -1.46. The molecule has 0 aliphatic carbocycles. The third-order valence-corrected chi connectivity index (χ3v) is 2.22. The largest absolute Gasteiger partial charge is 0.493 e. The van der Waals surface area contributed by atoms with E-state index in [2.05, 4.69) is 5.32 Å². The first kappa shape index (κ1) is 13.6. The molecule has 0 saturated carbocycles. The molecule has 1 rings (SSSR count). The van der Waals surface area contributed by atoms with Gasteiger partial charge in [0, 0.05) is 13.7 Å². The normalized spacial score (nSPS) is 10.1. The predicted molar refractivity (Wildman–Crippen MR) is 64.8 cm³/mol. The van der Waals surface area contributed by atoms with Crippen LogP contribution in [0, 0.1) is 0 Å². The molecule has 0 bridgehead atoms. The van der Waals surface area contributed by atoms with E-state index in [9.17, 15) is 0 Å². The van der Waals surface area contributed by atoms with Gasteiger partial charge in [-0.25, -0.2) is 0 Å². The van der Waals surface area contributed by atoms with Crippen molar-refractivity contribution in [2.75, 3.05) is 35.2 Å². The standard InChI is InChI=1S/C12H19NO4/c1-13-7-9-5-10(15-3)12(17-8-14-2)11(6-9)16-4/h5-6,13H,7-8H2,1-4H3. The molecule has 0 aliphatic heterocycles. The zero-order chi connectivity index (χ0) is 12.7. The Kier molecular flexibility index (Phi) is 5.59. The number of ether oxygens (including phenoxy) is 4. The lowest BCUT2D eigenvalue weighted by Gasteiger charge is -2.15. The summed E-state index contributed by atoms with van der Waals surface area (Å²) in [4.78, 5) is 0. The van der Waals surface area contributed by atoms with Crippen molar-refractivity contribution in [2.45, 2.75) is 6.54 Å². The van der Waals surface area contributed by atoms with Crippen LogP contribution in [0.25, 0.3) is 0 Å². The van der Waals surface area contributed by atoms with Crippen LogP contribution >= 0.6 is 0 Å². The van der Waals surface area contributed by atoms with Crippen LogP contribution in [0.15, 0.2) is 12.1 Å². The zero-order valence-electron chi connectivity index (χ0n) is 10.7. The van der Waals surface area contributed by atoms with Gasteiger partial charge in [-0.15, -0.1) is 0 Å². The van der Waals surface area contributed by atoms with Crippen LogP contribution in [0.4, 0.5) is 0 Å². The van der Waals surface area contributed by atoms with Crippen molar-refractivity contribution in [3.63, 3.8) is 0 Å². The summed E-state index contributed by atoms with van der Waals surface area (Å²) in [7, 11) is 6.64. The average Bonchev–Trinajstić information content (AvgIpc) is 2.36. The summed E-state index contributed by atoms with van der Waals surface area (Å²) >= 11 is 0. The van der Waals surface area contributed by atoms with E-state index in [4.69, 9.17) is 18.9 Å². The molecule has 96 valence electrons. The molecule has 0 heterocycles. The van der Waals surface area contributed by atoms with Crippen LogP contribution in [-0.4, -0.2) is 35.2 Å². The zero-order valence-corrected chi connectivity index (χ0v) is 10.7. The Labute approximate surface area is 102 Å². The maximum Gasteiger partial charge on any atom is 0.206 e. The van der Waals surface area contributed by atoms with Crippen LogP contribution in [-0.2, 0) is 11.3 Å². The summed E-state index contributed by atoms with van der Waals surface area (Å²) < 4.78 is 20.9. The van der Waals surface area contributed by atoms with Crippen molar-refractivity contribution in [3.05, 3.63) is 17.7 Å². The second-order valence-electron chi connectivity index (χ2n) is 3.41. The van der Waals surface area contributed by atoms with Crippen molar-refractivity contribution in [1.82, 2.24) is 5.32 Å². The number of nitrogens with one attached hydrogen (secondary N) is 1. The van der Waals surface area contributed by atoms with Crippen LogP contribution in [0.2, 0.25) is 0 Å². The maximum atomic E-state index is 5.44. The van der Waals surface area contributed by atoms with Gasteiger partial charge in [0.15, 0.2) is 18.3 Å². The van der Waals surface area contributed by atoms with E-state index in [0.29, 0.717) is 17.2 Å². The van der Waals surface area contributed by atoms with Gasteiger partial charge in [0.1, 0.15) is 0 Å². The third kappa shape index (κ3) is 3.51. The summed E-state index contributed by atoms with van der Waals surface area (Å²) in [6.45, 7) is 0.884. The molecule has 17 heavy (non-hydrogen) atoms. The van der Waals surface area contributed by atoms with Crippen molar-refractivity contribution >= 4 is 0 Å². The van der Waals surface area contributed by atoms with Crippen molar-refractivity contribution in [3.8, 4) is 17.2 Å². The quantitative estimate of drug-likeness (QED) is 0.731. The summed E-state index contributed by atoms with van der Waals surface area (Å²) in [5.74, 6) is 1.81. The van der Waals surface area contributed by atoms with Gasteiger partial charge >= 0.3 is 0 Å². The Morgan fingerprint density at radius 1 is 1.06 bits per heavy atom. The summed E-state index contributed by atoms with van der Waals surface area (Å²) in [6.07, 6.45) is 0. The van der Waals surface area contributed by atoms with E-state index >= 15 is 0 Å². The van der Waals surface area contributed by atoms with Gasteiger partial charge in [-0.3, -0.25) is 0 Å². The molecule has 5 nitrogen and oxygen atoms in total. The Morgan fingerprint density at radius 2 is 1.65 bits per heavy atom. The Balaban J connectivity index is 3.07. The van der Waals surface area contributed by atoms with Gasteiger partial charge in [0.2, 0.25) is 5.75 Å². The number of benzene rings is 1. The molecule has 0 unspecified atom stereocenters. The van der Waals surface area contributed by atoms with E-state index in [0.717, 1.165) is 12.1 Å². The maximum absolute atomic E-state index is 5.44. The third-order valence-electron chi connectivity index (χ3n) is 2.22. The molecule has 1 aromatic rings. The number of rotatable bonds is 7. The fraction of sp³-hybridized carbons (Fsp3) is 0.500. The highest BCUT2D eigenvalue weighted by molar-refractivity contribution is 5.53. The van der Waals surface area contributed by atoms with E-state index < -0.39 is 0 Å².